The number of sulfonamides is 1. The number of carbonyl (C=O) groups excluding carboxylic acids is 1. The number of aliphatic carboxylic acids is 1. The second kappa shape index (κ2) is 7.83. The van der Waals surface area contributed by atoms with Crippen LogP contribution in [-0.4, -0.2) is 31.8 Å². The number of ether oxygens (including phenoxy) is 1. The molecule has 8 nitrogen and oxygen atoms in total. The van der Waals surface area contributed by atoms with Gasteiger partial charge in [-0.2, -0.15) is 4.72 Å². The van der Waals surface area contributed by atoms with Crippen molar-refractivity contribution < 1.29 is 32.3 Å². The van der Waals surface area contributed by atoms with Crippen LogP contribution in [0.3, 0.4) is 0 Å². The van der Waals surface area contributed by atoms with Crippen molar-refractivity contribution in [1.82, 2.24) is 4.72 Å². The molecule has 0 aliphatic rings. The van der Waals surface area contributed by atoms with Crippen LogP contribution in [0.2, 0.25) is 0 Å². The van der Waals surface area contributed by atoms with Crippen molar-refractivity contribution in [2.24, 2.45) is 0 Å². The van der Waals surface area contributed by atoms with Crippen LogP contribution in [0.4, 0.5) is 0 Å². The van der Waals surface area contributed by atoms with Gasteiger partial charge in [0.1, 0.15) is 13.2 Å². The van der Waals surface area contributed by atoms with Gasteiger partial charge in [-0.05, 0) is 23.8 Å². The van der Waals surface area contributed by atoms with Crippen LogP contribution in [0.5, 0.6) is 5.75 Å². The molecule has 0 bridgehead atoms. The van der Waals surface area contributed by atoms with Gasteiger partial charge in [0.25, 0.3) is 0 Å². The lowest BCUT2D eigenvalue weighted by molar-refractivity contribution is -0.135. The molecule has 3 rings (SSSR count). The molecule has 1 heterocycles. The van der Waals surface area contributed by atoms with Gasteiger partial charge in [0.2, 0.25) is 10.0 Å². The minimum Gasteiger partial charge on any atom is -0.485 e. The molecule has 0 atom stereocenters. The Labute approximate surface area is 160 Å². The predicted octanol–water partition coefficient (Wildman–Crippen LogP) is 2.58. The zero-order valence-corrected chi connectivity index (χ0v) is 15.7. The highest BCUT2D eigenvalue weighted by molar-refractivity contribution is 7.89. The lowest BCUT2D eigenvalue weighted by Gasteiger charge is -2.10. The average Bonchev–Trinajstić information content (AvgIpc) is 3.11. The van der Waals surface area contributed by atoms with Crippen molar-refractivity contribution in [1.29, 1.82) is 0 Å². The standard InChI is InChI=1S/C19H17NO7S/c1-12(21)16-9-14-17(28(24,25)20-10-18(22)23)8-7-15(19(14)27-16)26-11-13-5-3-2-4-6-13/h2-9,20H,10-11H2,1H3,(H,22,23). The highest BCUT2D eigenvalue weighted by Gasteiger charge is 2.24. The number of carboxylic acids is 1. The molecule has 0 saturated heterocycles. The molecule has 0 fully saturated rings. The molecule has 0 aliphatic heterocycles. The molecule has 0 unspecified atom stereocenters. The fourth-order valence-corrected chi connectivity index (χ4v) is 3.72. The Morgan fingerprint density at radius 1 is 1.14 bits per heavy atom. The van der Waals surface area contributed by atoms with Gasteiger partial charge >= 0.3 is 5.97 Å². The number of carboxylic acid groups (broad SMARTS) is 1. The first-order chi connectivity index (χ1) is 13.3. The topological polar surface area (TPSA) is 123 Å². The Morgan fingerprint density at radius 2 is 1.86 bits per heavy atom. The number of fused-ring (bicyclic) bond motifs is 1. The number of hydrogen-bond acceptors (Lipinski definition) is 6. The maximum absolute atomic E-state index is 12.5. The van der Waals surface area contributed by atoms with E-state index in [1.165, 1.54) is 25.1 Å². The second-order valence-electron chi connectivity index (χ2n) is 5.96. The van der Waals surface area contributed by atoms with Gasteiger partial charge in [-0.3, -0.25) is 9.59 Å². The van der Waals surface area contributed by atoms with E-state index < -0.39 is 22.5 Å². The molecule has 9 heteroatoms. The first kappa shape index (κ1) is 19.6. The lowest BCUT2D eigenvalue weighted by Crippen LogP contribution is -2.29. The van der Waals surface area contributed by atoms with E-state index in [1.54, 1.807) is 0 Å². The summed E-state index contributed by atoms with van der Waals surface area (Å²) in [5.74, 6) is -1.46. The smallest absolute Gasteiger partial charge is 0.318 e. The molecule has 0 radical (unpaired) electrons. The third kappa shape index (κ3) is 4.21. The number of Topliss-reactive ketones (excluding diaryl/α,β-unsaturated/α-hetero) is 1. The largest absolute Gasteiger partial charge is 0.485 e. The fraction of sp³-hybridized carbons (Fsp3) is 0.158. The first-order valence-corrected chi connectivity index (χ1v) is 9.72. The minimum absolute atomic E-state index is 0.0274. The summed E-state index contributed by atoms with van der Waals surface area (Å²) in [5.41, 5.74) is 0.994. The van der Waals surface area contributed by atoms with Gasteiger partial charge in [0.05, 0.1) is 4.90 Å². The van der Waals surface area contributed by atoms with E-state index in [-0.39, 0.29) is 39.8 Å². The molecule has 146 valence electrons. The normalized spacial score (nSPS) is 11.5. The molecular weight excluding hydrogens is 386 g/mol. The highest BCUT2D eigenvalue weighted by atomic mass is 32.2. The molecular formula is C19H17NO7S. The zero-order valence-electron chi connectivity index (χ0n) is 14.8. The molecule has 2 aromatic carbocycles. The predicted molar refractivity (Wildman–Crippen MR) is 99.8 cm³/mol. The summed E-state index contributed by atoms with van der Waals surface area (Å²) < 4.78 is 38.2. The fourth-order valence-electron chi connectivity index (χ4n) is 2.57. The Balaban J connectivity index is 2.03. The molecule has 1 aromatic heterocycles. The zero-order chi connectivity index (χ0) is 20.3. The van der Waals surface area contributed by atoms with Gasteiger partial charge < -0.3 is 14.3 Å². The molecule has 0 aliphatic carbocycles. The molecule has 28 heavy (non-hydrogen) atoms. The minimum atomic E-state index is -4.14. The van der Waals surface area contributed by atoms with Crippen LogP contribution >= 0.6 is 0 Å². The van der Waals surface area contributed by atoms with Crippen LogP contribution < -0.4 is 9.46 Å². The van der Waals surface area contributed by atoms with E-state index in [9.17, 15) is 18.0 Å². The molecule has 0 saturated carbocycles. The number of hydrogen-bond donors (Lipinski definition) is 2. The first-order valence-electron chi connectivity index (χ1n) is 8.23. The lowest BCUT2D eigenvalue weighted by atomic mass is 10.2. The van der Waals surface area contributed by atoms with Crippen LogP contribution in [0.15, 0.2) is 57.8 Å². The Kier molecular flexibility index (Phi) is 5.48. The Morgan fingerprint density at radius 3 is 2.50 bits per heavy atom. The molecule has 2 N–H and O–H groups in total. The third-order valence-corrected chi connectivity index (χ3v) is 5.35. The van der Waals surface area contributed by atoms with Crippen LogP contribution in [0.1, 0.15) is 23.0 Å². The van der Waals surface area contributed by atoms with Crippen molar-refractivity contribution in [3.05, 3.63) is 59.9 Å². The molecule has 3 aromatic rings. The summed E-state index contributed by atoms with van der Waals surface area (Å²) in [6.07, 6.45) is 0. The van der Waals surface area contributed by atoms with Crippen molar-refractivity contribution in [2.45, 2.75) is 18.4 Å². The number of nitrogens with one attached hydrogen (secondary N) is 1. The Bertz CT molecular complexity index is 1130. The van der Waals surface area contributed by atoms with E-state index >= 15 is 0 Å². The van der Waals surface area contributed by atoms with Crippen LogP contribution in [-0.2, 0) is 21.4 Å². The van der Waals surface area contributed by atoms with Crippen molar-refractivity contribution in [3.8, 4) is 5.75 Å². The maximum Gasteiger partial charge on any atom is 0.318 e. The maximum atomic E-state index is 12.5. The average molecular weight is 403 g/mol. The van der Waals surface area contributed by atoms with Gasteiger partial charge in [0.15, 0.2) is 22.9 Å². The summed E-state index contributed by atoms with van der Waals surface area (Å²) in [4.78, 5) is 22.2. The van der Waals surface area contributed by atoms with Gasteiger partial charge in [-0.1, -0.05) is 30.3 Å². The summed E-state index contributed by atoms with van der Waals surface area (Å²) >= 11 is 0. The van der Waals surface area contributed by atoms with Crippen LogP contribution in [0.25, 0.3) is 11.0 Å². The molecule has 0 amide bonds. The summed E-state index contributed by atoms with van der Waals surface area (Å²) in [6.45, 7) is 0.738. The van der Waals surface area contributed by atoms with Crippen molar-refractivity contribution >= 4 is 32.7 Å². The van der Waals surface area contributed by atoms with Crippen molar-refractivity contribution in [3.63, 3.8) is 0 Å². The van der Waals surface area contributed by atoms with E-state index in [2.05, 4.69) is 0 Å². The Hall–Kier alpha value is -3.17. The summed E-state index contributed by atoms with van der Waals surface area (Å²) in [6, 6.07) is 13.3. The van der Waals surface area contributed by atoms with E-state index in [0.29, 0.717) is 0 Å². The van der Waals surface area contributed by atoms with E-state index in [4.69, 9.17) is 14.3 Å². The van der Waals surface area contributed by atoms with Gasteiger partial charge in [0, 0.05) is 12.3 Å². The number of carbonyl (C=O) groups is 2. The van der Waals surface area contributed by atoms with E-state index in [0.717, 1.165) is 5.56 Å². The van der Waals surface area contributed by atoms with Gasteiger partial charge in [-0.25, -0.2) is 8.42 Å². The monoisotopic (exact) mass is 403 g/mol. The van der Waals surface area contributed by atoms with Gasteiger partial charge in [-0.15, -0.1) is 0 Å². The van der Waals surface area contributed by atoms with Crippen LogP contribution in [0, 0.1) is 0 Å². The summed E-state index contributed by atoms with van der Waals surface area (Å²) in [5, 5.41) is 8.86. The molecule has 0 spiro atoms. The highest BCUT2D eigenvalue weighted by Crippen LogP contribution is 2.34. The SMILES string of the molecule is CC(=O)c1cc2c(S(=O)(=O)NCC(=O)O)ccc(OCc3ccccc3)c2o1. The quantitative estimate of drug-likeness (QED) is 0.554. The number of benzene rings is 2. The third-order valence-electron chi connectivity index (χ3n) is 3.89. The summed E-state index contributed by atoms with van der Waals surface area (Å²) in [7, 11) is -4.14. The van der Waals surface area contributed by atoms with Crippen molar-refractivity contribution in [2.75, 3.05) is 6.54 Å². The van der Waals surface area contributed by atoms with E-state index in [1.807, 2.05) is 35.1 Å². The number of ketones is 1. The number of rotatable bonds is 8. The second-order valence-corrected chi connectivity index (χ2v) is 7.70. The number of furan rings is 1.